The lowest BCUT2D eigenvalue weighted by Crippen LogP contribution is -2.45. The highest BCUT2D eigenvalue weighted by atomic mass is 35.5. The fraction of sp³-hybridized carbons (Fsp3) is 0.611. The van der Waals surface area contributed by atoms with E-state index in [1.165, 1.54) is 0 Å². The van der Waals surface area contributed by atoms with Crippen LogP contribution < -0.4 is 14.8 Å². The monoisotopic (exact) mass is 353 g/mol. The van der Waals surface area contributed by atoms with E-state index in [0.29, 0.717) is 29.3 Å². The molecule has 2 aliphatic rings. The van der Waals surface area contributed by atoms with Gasteiger partial charge in [-0.05, 0) is 36.8 Å². The zero-order valence-corrected chi connectivity index (χ0v) is 14.6. The molecular formula is C18H24ClNO4. The summed E-state index contributed by atoms with van der Waals surface area (Å²) in [5.74, 6) is 0.863. The van der Waals surface area contributed by atoms with Crippen molar-refractivity contribution in [3.05, 3.63) is 22.7 Å². The number of ether oxygens (including phenoxy) is 2. The molecule has 24 heavy (non-hydrogen) atoms. The molecule has 1 fully saturated rings. The number of carboxylic acids is 1. The molecule has 1 aromatic carbocycles. The molecule has 0 radical (unpaired) electrons. The number of unbranched alkanes of at least 4 members (excludes halogenated alkanes) is 1. The number of carboxylic acid groups (broad SMARTS) is 1. The van der Waals surface area contributed by atoms with E-state index >= 15 is 0 Å². The van der Waals surface area contributed by atoms with E-state index < -0.39 is 5.97 Å². The summed E-state index contributed by atoms with van der Waals surface area (Å²) < 4.78 is 10.7. The van der Waals surface area contributed by atoms with Gasteiger partial charge in [-0.3, -0.25) is 4.79 Å². The lowest BCUT2D eigenvalue weighted by atomic mass is 9.70. The molecule has 0 amide bonds. The van der Waals surface area contributed by atoms with E-state index in [0.717, 1.165) is 43.4 Å². The van der Waals surface area contributed by atoms with Gasteiger partial charge in [0.15, 0.2) is 11.5 Å². The van der Waals surface area contributed by atoms with Gasteiger partial charge in [0.1, 0.15) is 0 Å². The van der Waals surface area contributed by atoms with Crippen molar-refractivity contribution in [2.75, 3.05) is 6.79 Å². The number of nitrogens with one attached hydrogen (secondary N) is 1. The second-order valence-electron chi connectivity index (χ2n) is 6.69. The van der Waals surface area contributed by atoms with Crippen molar-refractivity contribution in [1.82, 2.24) is 5.32 Å². The smallest absolute Gasteiger partial charge is 0.306 e. The van der Waals surface area contributed by atoms with Gasteiger partial charge in [-0.1, -0.05) is 31.4 Å². The van der Waals surface area contributed by atoms with Crippen molar-refractivity contribution >= 4 is 17.6 Å². The lowest BCUT2D eigenvalue weighted by molar-refractivity contribution is -0.145. The third-order valence-corrected chi connectivity index (χ3v) is 5.40. The molecule has 1 heterocycles. The minimum Gasteiger partial charge on any atom is -0.481 e. The van der Waals surface area contributed by atoms with Crippen LogP contribution in [0.4, 0.5) is 0 Å². The summed E-state index contributed by atoms with van der Waals surface area (Å²) in [5.41, 5.74) is 0.977. The van der Waals surface area contributed by atoms with Gasteiger partial charge in [0.2, 0.25) is 6.79 Å². The van der Waals surface area contributed by atoms with Crippen LogP contribution in [0.15, 0.2) is 12.1 Å². The van der Waals surface area contributed by atoms with Crippen LogP contribution in [-0.4, -0.2) is 23.9 Å². The number of carbonyl (C=O) groups is 1. The van der Waals surface area contributed by atoms with Gasteiger partial charge in [-0.15, -0.1) is 0 Å². The quantitative estimate of drug-likeness (QED) is 0.743. The van der Waals surface area contributed by atoms with Gasteiger partial charge in [0, 0.05) is 23.7 Å². The van der Waals surface area contributed by atoms with Crippen LogP contribution >= 0.6 is 11.6 Å². The molecule has 6 heteroatoms. The predicted octanol–water partition coefficient (Wildman–Crippen LogP) is 3.83. The van der Waals surface area contributed by atoms with Gasteiger partial charge < -0.3 is 19.9 Å². The molecule has 1 aliphatic carbocycles. The first-order chi connectivity index (χ1) is 11.6. The number of hydrogen-bond acceptors (Lipinski definition) is 4. The van der Waals surface area contributed by atoms with Crippen molar-refractivity contribution in [3.8, 4) is 11.5 Å². The van der Waals surface area contributed by atoms with Gasteiger partial charge in [-0.2, -0.15) is 0 Å². The molecule has 1 aromatic rings. The second kappa shape index (κ2) is 7.62. The number of fused-ring (bicyclic) bond motifs is 1. The van der Waals surface area contributed by atoms with Gasteiger partial charge in [0.05, 0.1) is 5.92 Å². The summed E-state index contributed by atoms with van der Waals surface area (Å²) in [6, 6.07) is 4.06. The first-order valence-corrected chi connectivity index (χ1v) is 9.00. The Bertz CT molecular complexity index is 601. The fourth-order valence-corrected chi connectivity index (χ4v) is 3.71. The standard InChI is InChI=1S/C18H24ClNO4/c1-2-3-4-14(18(21)22)11-5-13(6-11)20-9-12-7-16-17(8-15(12)19)24-10-23-16/h7-8,11,13-14,20H,2-6,9-10H2,1H3,(H,21,22). The van der Waals surface area contributed by atoms with E-state index in [2.05, 4.69) is 12.2 Å². The van der Waals surface area contributed by atoms with E-state index in [9.17, 15) is 9.90 Å². The van der Waals surface area contributed by atoms with Crippen LogP contribution in [0.1, 0.15) is 44.6 Å². The van der Waals surface area contributed by atoms with Crippen molar-refractivity contribution in [3.63, 3.8) is 0 Å². The first kappa shape index (κ1) is 17.4. The topological polar surface area (TPSA) is 67.8 Å². The average molecular weight is 354 g/mol. The van der Waals surface area contributed by atoms with Crippen molar-refractivity contribution < 1.29 is 19.4 Å². The van der Waals surface area contributed by atoms with Crippen LogP contribution in [0.3, 0.4) is 0 Å². The Hall–Kier alpha value is -1.46. The maximum absolute atomic E-state index is 11.4. The molecule has 1 saturated carbocycles. The highest BCUT2D eigenvalue weighted by Gasteiger charge is 2.38. The summed E-state index contributed by atoms with van der Waals surface area (Å²) in [6.45, 7) is 2.99. The zero-order valence-electron chi connectivity index (χ0n) is 13.9. The number of rotatable bonds is 8. The Morgan fingerprint density at radius 1 is 1.38 bits per heavy atom. The Kier molecular flexibility index (Phi) is 5.51. The molecule has 0 spiro atoms. The largest absolute Gasteiger partial charge is 0.481 e. The molecule has 0 bridgehead atoms. The maximum Gasteiger partial charge on any atom is 0.306 e. The summed E-state index contributed by atoms with van der Waals surface area (Å²) in [4.78, 5) is 11.4. The molecule has 1 unspecified atom stereocenters. The number of halogens is 1. The lowest BCUT2D eigenvalue weighted by Gasteiger charge is -2.39. The highest BCUT2D eigenvalue weighted by molar-refractivity contribution is 6.31. The number of hydrogen-bond donors (Lipinski definition) is 2. The highest BCUT2D eigenvalue weighted by Crippen LogP contribution is 2.39. The van der Waals surface area contributed by atoms with Crippen LogP contribution in [0.2, 0.25) is 5.02 Å². The first-order valence-electron chi connectivity index (χ1n) is 8.62. The molecule has 132 valence electrons. The molecular weight excluding hydrogens is 330 g/mol. The van der Waals surface area contributed by atoms with Crippen molar-refractivity contribution in [1.29, 1.82) is 0 Å². The minimum absolute atomic E-state index is 0.197. The normalized spacial score (nSPS) is 22.9. The van der Waals surface area contributed by atoms with Crippen molar-refractivity contribution in [2.24, 2.45) is 11.8 Å². The van der Waals surface area contributed by atoms with Crippen LogP contribution in [0.25, 0.3) is 0 Å². The summed E-state index contributed by atoms with van der Waals surface area (Å²) in [7, 11) is 0. The molecule has 2 N–H and O–H groups in total. The third kappa shape index (κ3) is 3.78. The predicted molar refractivity (Wildman–Crippen MR) is 91.6 cm³/mol. The summed E-state index contributed by atoms with van der Waals surface area (Å²) in [6.07, 6.45) is 4.65. The van der Waals surface area contributed by atoms with Gasteiger partial charge >= 0.3 is 5.97 Å². The molecule has 5 nitrogen and oxygen atoms in total. The van der Waals surface area contributed by atoms with Gasteiger partial charge in [-0.25, -0.2) is 0 Å². The average Bonchev–Trinajstić information content (AvgIpc) is 2.95. The van der Waals surface area contributed by atoms with Crippen LogP contribution in [-0.2, 0) is 11.3 Å². The Labute approximate surface area is 147 Å². The summed E-state index contributed by atoms with van der Waals surface area (Å²) in [5, 5.41) is 13.5. The molecule has 3 rings (SSSR count). The molecule has 1 atom stereocenters. The molecule has 0 aromatic heterocycles. The Morgan fingerprint density at radius 2 is 2.08 bits per heavy atom. The molecule has 0 saturated heterocycles. The SMILES string of the molecule is CCCCC(C(=O)O)C1CC(NCc2cc3c(cc2Cl)OCO3)C1. The van der Waals surface area contributed by atoms with E-state index in [1.54, 1.807) is 6.07 Å². The van der Waals surface area contributed by atoms with Gasteiger partial charge in [0.25, 0.3) is 0 Å². The minimum atomic E-state index is -0.647. The van der Waals surface area contributed by atoms with Crippen LogP contribution in [0.5, 0.6) is 11.5 Å². The Balaban J connectivity index is 1.49. The number of benzene rings is 1. The zero-order chi connectivity index (χ0) is 17.1. The summed E-state index contributed by atoms with van der Waals surface area (Å²) >= 11 is 6.28. The number of aliphatic carboxylic acids is 1. The Morgan fingerprint density at radius 3 is 2.75 bits per heavy atom. The fourth-order valence-electron chi connectivity index (χ4n) is 3.49. The van der Waals surface area contributed by atoms with Crippen molar-refractivity contribution in [2.45, 2.75) is 51.6 Å². The van der Waals surface area contributed by atoms with E-state index in [1.807, 2.05) is 6.07 Å². The van der Waals surface area contributed by atoms with E-state index in [4.69, 9.17) is 21.1 Å². The second-order valence-corrected chi connectivity index (χ2v) is 7.10. The third-order valence-electron chi connectivity index (χ3n) is 5.05. The maximum atomic E-state index is 11.4. The van der Waals surface area contributed by atoms with Crippen LogP contribution in [0, 0.1) is 11.8 Å². The molecule has 1 aliphatic heterocycles. The van der Waals surface area contributed by atoms with E-state index in [-0.39, 0.29) is 12.7 Å².